The minimum Gasteiger partial charge on any atom is -0.497 e. The summed E-state index contributed by atoms with van der Waals surface area (Å²) >= 11 is 0. The zero-order valence-electron chi connectivity index (χ0n) is 18.1. The second kappa shape index (κ2) is 12.3. The number of guanidine groups is 1. The third-order valence-corrected chi connectivity index (χ3v) is 4.05. The van der Waals surface area contributed by atoms with Gasteiger partial charge in [-0.1, -0.05) is 12.1 Å². The monoisotopic (exact) mass is 413 g/mol. The van der Waals surface area contributed by atoms with E-state index in [2.05, 4.69) is 25.9 Å². The summed E-state index contributed by atoms with van der Waals surface area (Å²) in [5.41, 5.74) is 1.05. The van der Waals surface area contributed by atoms with E-state index in [0.29, 0.717) is 31.3 Å². The number of aryl methyl sites for hydroxylation is 1. The second-order valence-electron chi connectivity index (χ2n) is 6.77. The van der Waals surface area contributed by atoms with Crippen LogP contribution in [0.5, 0.6) is 11.5 Å². The van der Waals surface area contributed by atoms with Crippen LogP contribution >= 0.6 is 0 Å². The fourth-order valence-corrected chi connectivity index (χ4v) is 2.55. The lowest BCUT2D eigenvalue weighted by atomic mass is 10.3. The van der Waals surface area contributed by atoms with Crippen molar-refractivity contribution in [2.24, 2.45) is 4.99 Å². The number of nitrogens with zero attached hydrogens (tertiary/aromatic N) is 2. The molecule has 2 aromatic rings. The molecular formula is C22H31N5O3. The van der Waals surface area contributed by atoms with Gasteiger partial charge >= 0.3 is 0 Å². The van der Waals surface area contributed by atoms with Gasteiger partial charge in [-0.3, -0.25) is 4.79 Å². The summed E-state index contributed by atoms with van der Waals surface area (Å²) in [4.78, 5) is 20.8. The first-order valence-electron chi connectivity index (χ1n) is 10.1. The molecule has 3 N–H and O–H groups in total. The largest absolute Gasteiger partial charge is 0.497 e. The van der Waals surface area contributed by atoms with E-state index in [9.17, 15) is 4.79 Å². The molecular weight excluding hydrogens is 382 g/mol. The highest BCUT2D eigenvalue weighted by molar-refractivity contribution is 5.90. The molecule has 8 heteroatoms. The second-order valence-corrected chi connectivity index (χ2v) is 6.77. The van der Waals surface area contributed by atoms with Crippen molar-refractivity contribution in [3.63, 3.8) is 0 Å². The molecule has 1 amide bonds. The quantitative estimate of drug-likeness (QED) is 0.409. The van der Waals surface area contributed by atoms with E-state index >= 15 is 0 Å². The maximum absolute atomic E-state index is 12.1. The number of benzene rings is 1. The van der Waals surface area contributed by atoms with Crippen molar-refractivity contribution in [1.82, 2.24) is 15.6 Å². The molecule has 1 aromatic heterocycles. The molecule has 1 heterocycles. The molecule has 162 valence electrons. The van der Waals surface area contributed by atoms with Crippen LogP contribution in [0, 0.1) is 6.92 Å². The Hall–Kier alpha value is -3.29. The number of nitrogens with one attached hydrogen (secondary N) is 3. The molecule has 0 aliphatic carbocycles. The molecule has 8 nitrogen and oxygen atoms in total. The Morgan fingerprint density at radius 2 is 2.00 bits per heavy atom. The third-order valence-electron chi connectivity index (χ3n) is 4.05. The van der Waals surface area contributed by atoms with E-state index < -0.39 is 0 Å². The van der Waals surface area contributed by atoms with Crippen LogP contribution in [-0.4, -0.2) is 49.7 Å². The highest BCUT2D eigenvalue weighted by Crippen LogP contribution is 2.19. The summed E-state index contributed by atoms with van der Waals surface area (Å²) in [7, 11) is 1.62. The molecule has 1 aromatic carbocycles. The van der Waals surface area contributed by atoms with E-state index in [1.807, 2.05) is 51.1 Å². The van der Waals surface area contributed by atoms with Gasteiger partial charge in [0.05, 0.1) is 13.7 Å². The maximum Gasteiger partial charge on any atom is 0.227 e. The van der Waals surface area contributed by atoms with Gasteiger partial charge in [-0.05, 0) is 44.5 Å². The molecule has 0 saturated heterocycles. The number of amides is 1. The summed E-state index contributed by atoms with van der Waals surface area (Å²) < 4.78 is 11.1. The number of aromatic nitrogens is 1. The lowest BCUT2D eigenvalue weighted by Gasteiger charge is -2.15. The lowest BCUT2D eigenvalue weighted by molar-refractivity contribution is -0.116. The summed E-state index contributed by atoms with van der Waals surface area (Å²) in [5.74, 6) is 2.56. The predicted octanol–water partition coefficient (Wildman–Crippen LogP) is 2.75. The average Bonchev–Trinajstić information content (AvgIpc) is 2.74. The van der Waals surface area contributed by atoms with E-state index in [-0.39, 0.29) is 12.0 Å². The van der Waals surface area contributed by atoms with Crippen molar-refractivity contribution in [2.75, 3.05) is 32.1 Å². The number of hydrogen-bond acceptors (Lipinski definition) is 5. The number of pyridine rings is 1. The van der Waals surface area contributed by atoms with E-state index in [4.69, 9.17) is 9.47 Å². The van der Waals surface area contributed by atoms with Gasteiger partial charge in [-0.25, -0.2) is 9.98 Å². The number of hydrogen-bond donors (Lipinski definition) is 3. The van der Waals surface area contributed by atoms with Crippen LogP contribution in [0.2, 0.25) is 0 Å². The molecule has 0 radical (unpaired) electrons. The molecule has 0 fully saturated rings. The van der Waals surface area contributed by atoms with Gasteiger partial charge in [-0.2, -0.15) is 0 Å². The number of rotatable bonds is 10. The Labute approximate surface area is 178 Å². The van der Waals surface area contributed by atoms with E-state index in [1.54, 1.807) is 19.4 Å². The van der Waals surface area contributed by atoms with Gasteiger partial charge in [0.25, 0.3) is 0 Å². The Kier molecular flexibility index (Phi) is 9.44. The number of methoxy groups -OCH3 is 1. The van der Waals surface area contributed by atoms with Crippen LogP contribution in [0.15, 0.2) is 47.6 Å². The minimum absolute atomic E-state index is 0.107. The topological polar surface area (TPSA) is 96.9 Å². The fourth-order valence-electron chi connectivity index (χ4n) is 2.55. The normalized spacial score (nSPS) is 12.1. The van der Waals surface area contributed by atoms with Gasteiger partial charge in [0.15, 0.2) is 5.96 Å². The summed E-state index contributed by atoms with van der Waals surface area (Å²) in [5, 5.41) is 9.12. The van der Waals surface area contributed by atoms with E-state index in [1.165, 1.54) is 0 Å². The van der Waals surface area contributed by atoms with Crippen LogP contribution < -0.4 is 25.4 Å². The zero-order valence-corrected chi connectivity index (χ0v) is 18.1. The highest BCUT2D eigenvalue weighted by atomic mass is 16.5. The molecule has 1 atom stereocenters. The van der Waals surface area contributed by atoms with Crippen LogP contribution in [-0.2, 0) is 4.79 Å². The average molecular weight is 414 g/mol. The van der Waals surface area contributed by atoms with Crippen LogP contribution in [0.1, 0.15) is 25.8 Å². The van der Waals surface area contributed by atoms with Crippen LogP contribution in [0.25, 0.3) is 0 Å². The van der Waals surface area contributed by atoms with Crippen molar-refractivity contribution in [3.8, 4) is 11.5 Å². The van der Waals surface area contributed by atoms with Crippen molar-refractivity contribution >= 4 is 17.7 Å². The smallest absolute Gasteiger partial charge is 0.227 e. The molecule has 0 saturated carbocycles. The maximum atomic E-state index is 12.1. The Morgan fingerprint density at radius 3 is 2.70 bits per heavy atom. The number of carbonyl (C=O) groups excluding carboxylic acids is 1. The van der Waals surface area contributed by atoms with E-state index in [0.717, 1.165) is 23.6 Å². The highest BCUT2D eigenvalue weighted by Gasteiger charge is 2.07. The fraction of sp³-hybridized carbons (Fsp3) is 0.409. The number of aliphatic imine (C=N–C) groups is 1. The number of anilines is 1. The van der Waals surface area contributed by atoms with Gasteiger partial charge < -0.3 is 25.4 Å². The Bertz CT molecular complexity index is 824. The summed E-state index contributed by atoms with van der Waals surface area (Å²) in [6.07, 6.45) is 1.90. The molecule has 0 spiro atoms. The van der Waals surface area contributed by atoms with Crippen LogP contribution in [0.4, 0.5) is 5.82 Å². The molecule has 2 rings (SSSR count). The van der Waals surface area contributed by atoms with Crippen molar-refractivity contribution in [3.05, 3.63) is 48.2 Å². The Balaban J connectivity index is 1.78. The molecule has 0 aliphatic heterocycles. The lowest BCUT2D eigenvalue weighted by Crippen LogP contribution is -2.39. The van der Waals surface area contributed by atoms with Gasteiger partial charge in [0.1, 0.15) is 23.4 Å². The van der Waals surface area contributed by atoms with Gasteiger partial charge in [0, 0.05) is 31.8 Å². The van der Waals surface area contributed by atoms with Gasteiger partial charge in [-0.15, -0.1) is 0 Å². The predicted molar refractivity (Wildman–Crippen MR) is 119 cm³/mol. The van der Waals surface area contributed by atoms with Gasteiger partial charge in [0.2, 0.25) is 5.91 Å². The molecule has 0 aliphatic rings. The number of ether oxygens (including phenoxy) is 2. The first-order valence-corrected chi connectivity index (χ1v) is 10.1. The molecule has 30 heavy (non-hydrogen) atoms. The molecule has 1 unspecified atom stereocenters. The minimum atomic E-state index is -0.122. The first-order chi connectivity index (χ1) is 14.5. The van der Waals surface area contributed by atoms with Crippen molar-refractivity contribution in [1.29, 1.82) is 0 Å². The standard InChI is InChI=1S/C22H31N5O3/c1-5-23-22(24-12-11-21(28)27-20-10-9-16(2)14-25-20)26-15-17(3)30-19-8-6-7-18(13-19)29-4/h6-10,13-14,17H,5,11-12,15H2,1-4H3,(H2,23,24,26)(H,25,27,28). The third kappa shape index (κ3) is 8.38. The summed E-state index contributed by atoms with van der Waals surface area (Å²) in [6.45, 7) is 7.53. The zero-order chi connectivity index (χ0) is 21.8. The Morgan fingerprint density at radius 1 is 1.20 bits per heavy atom. The molecule has 0 bridgehead atoms. The number of carbonyl (C=O) groups is 1. The summed E-state index contributed by atoms with van der Waals surface area (Å²) in [6, 6.07) is 11.2. The van der Waals surface area contributed by atoms with Crippen LogP contribution in [0.3, 0.4) is 0 Å². The SMILES string of the molecule is CCNC(=NCC(C)Oc1cccc(OC)c1)NCCC(=O)Nc1ccc(C)cn1. The first kappa shape index (κ1) is 23.0. The van der Waals surface area contributed by atoms with Crippen molar-refractivity contribution in [2.45, 2.75) is 33.3 Å². The van der Waals surface area contributed by atoms with Crippen molar-refractivity contribution < 1.29 is 14.3 Å².